The number of aromatic carboxylic acids is 1. The van der Waals surface area contributed by atoms with Crippen LogP contribution in [0.25, 0.3) is 0 Å². The van der Waals surface area contributed by atoms with Gasteiger partial charge in [-0.05, 0) is 29.8 Å². The van der Waals surface area contributed by atoms with E-state index in [1.165, 1.54) is 12.1 Å². The lowest BCUT2D eigenvalue weighted by atomic mass is 10.1. The number of halogens is 2. The van der Waals surface area contributed by atoms with E-state index in [4.69, 9.17) is 5.11 Å². The molecular formula is C15H11BrFNO3. The lowest BCUT2D eigenvalue weighted by Gasteiger charge is -2.09. The first kappa shape index (κ1) is 15.2. The third kappa shape index (κ3) is 3.88. The van der Waals surface area contributed by atoms with Crippen LogP contribution in [0.15, 0.2) is 46.9 Å². The molecule has 4 nitrogen and oxygen atoms in total. The normalized spacial score (nSPS) is 10.2. The summed E-state index contributed by atoms with van der Waals surface area (Å²) < 4.78 is 14.3. The van der Waals surface area contributed by atoms with Crippen molar-refractivity contribution in [1.82, 2.24) is 0 Å². The molecule has 0 aromatic heterocycles. The number of benzene rings is 2. The van der Waals surface area contributed by atoms with Crippen LogP contribution < -0.4 is 5.32 Å². The summed E-state index contributed by atoms with van der Waals surface area (Å²) in [5.74, 6) is -2.73. The van der Waals surface area contributed by atoms with Crippen LogP contribution in [0, 0.1) is 5.82 Å². The van der Waals surface area contributed by atoms with E-state index in [9.17, 15) is 14.0 Å². The lowest BCUT2D eigenvalue weighted by molar-refractivity contribution is -0.115. The quantitative estimate of drug-likeness (QED) is 0.886. The Morgan fingerprint density at radius 3 is 2.57 bits per heavy atom. The second-order valence-electron chi connectivity index (χ2n) is 4.32. The van der Waals surface area contributed by atoms with E-state index in [-0.39, 0.29) is 12.1 Å². The van der Waals surface area contributed by atoms with Crippen molar-refractivity contribution in [2.45, 2.75) is 6.42 Å². The highest BCUT2D eigenvalue weighted by molar-refractivity contribution is 9.10. The number of carboxylic acids is 1. The Hall–Kier alpha value is -2.21. The molecule has 2 rings (SSSR count). The molecular weight excluding hydrogens is 341 g/mol. The average Bonchev–Trinajstić information content (AvgIpc) is 2.37. The maximum atomic E-state index is 13.5. The molecule has 0 saturated carbocycles. The minimum absolute atomic E-state index is 0.0532. The Balaban J connectivity index is 2.17. The van der Waals surface area contributed by atoms with Crippen molar-refractivity contribution in [3.05, 3.63) is 63.9 Å². The van der Waals surface area contributed by atoms with Crippen molar-refractivity contribution in [3.63, 3.8) is 0 Å². The molecule has 0 aliphatic heterocycles. The first-order chi connectivity index (χ1) is 9.97. The van der Waals surface area contributed by atoms with Gasteiger partial charge in [-0.15, -0.1) is 0 Å². The molecule has 6 heteroatoms. The smallest absolute Gasteiger partial charge is 0.340 e. The van der Waals surface area contributed by atoms with Crippen LogP contribution in [-0.4, -0.2) is 17.0 Å². The summed E-state index contributed by atoms with van der Waals surface area (Å²) in [6.07, 6.45) is 0.0645. The molecule has 0 unspecified atom stereocenters. The highest BCUT2D eigenvalue weighted by Gasteiger charge is 2.17. The predicted octanol–water partition coefficient (Wildman–Crippen LogP) is 3.47. The molecule has 0 radical (unpaired) electrons. The number of amides is 1. The van der Waals surface area contributed by atoms with E-state index in [1.54, 1.807) is 18.2 Å². The van der Waals surface area contributed by atoms with Gasteiger partial charge in [0.1, 0.15) is 11.4 Å². The summed E-state index contributed by atoms with van der Waals surface area (Å²) in [4.78, 5) is 23.0. The third-order valence-electron chi connectivity index (χ3n) is 2.76. The van der Waals surface area contributed by atoms with Crippen LogP contribution in [0.4, 0.5) is 10.1 Å². The fourth-order valence-electron chi connectivity index (χ4n) is 1.87. The van der Waals surface area contributed by atoms with Crippen LogP contribution in [0.5, 0.6) is 0 Å². The Labute approximate surface area is 128 Å². The SMILES string of the molecule is O=C(Cc1cccc(Br)c1)Nc1cccc(F)c1C(=O)O. The molecule has 0 atom stereocenters. The number of hydrogen-bond acceptors (Lipinski definition) is 2. The van der Waals surface area contributed by atoms with Crippen molar-refractivity contribution in [1.29, 1.82) is 0 Å². The minimum atomic E-state index is -1.43. The monoisotopic (exact) mass is 351 g/mol. The number of hydrogen-bond donors (Lipinski definition) is 2. The van der Waals surface area contributed by atoms with Crippen molar-refractivity contribution in [2.75, 3.05) is 5.32 Å². The van der Waals surface area contributed by atoms with E-state index in [0.717, 1.165) is 16.1 Å². The van der Waals surface area contributed by atoms with Gasteiger partial charge in [0.15, 0.2) is 0 Å². The summed E-state index contributed by atoms with van der Waals surface area (Å²) in [7, 11) is 0. The van der Waals surface area contributed by atoms with Crippen LogP contribution >= 0.6 is 15.9 Å². The zero-order chi connectivity index (χ0) is 15.4. The van der Waals surface area contributed by atoms with E-state index in [1.807, 2.05) is 6.07 Å². The number of carboxylic acid groups (broad SMARTS) is 1. The highest BCUT2D eigenvalue weighted by Crippen LogP contribution is 2.19. The van der Waals surface area contributed by atoms with Crippen LogP contribution in [0.3, 0.4) is 0 Å². The molecule has 0 spiro atoms. The maximum Gasteiger partial charge on any atom is 0.340 e. The molecule has 0 aliphatic rings. The topological polar surface area (TPSA) is 66.4 Å². The fourth-order valence-corrected chi connectivity index (χ4v) is 2.32. The number of carbonyl (C=O) groups is 2. The standard InChI is InChI=1S/C15H11BrFNO3/c16-10-4-1-3-9(7-10)8-13(19)18-12-6-2-5-11(17)14(12)15(20)21/h1-7H,8H2,(H,18,19)(H,20,21). The second kappa shape index (κ2) is 6.49. The Bertz CT molecular complexity index is 703. The van der Waals surface area contributed by atoms with Crippen molar-refractivity contribution in [3.8, 4) is 0 Å². The molecule has 2 N–H and O–H groups in total. The first-order valence-corrected chi connectivity index (χ1v) is 6.83. The summed E-state index contributed by atoms with van der Waals surface area (Å²) in [5, 5.41) is 11.4. The Morgan fingerprint density at radius 2 is 1.90 bits per heavy atom. The van der Waals surface area contributed by atoms with Gasteiger partial charge in [0.2, 0.25) is 5.91 Å². The van der Waals surface area contributed by atoms with Gasteiger partial charge in [0.25, 0.3) is 0 Å². The molecule has 0 aliphatic carbocycles. The maximum absolute atomic E-state index is 13.5. The van der Waals surface area contributed by atoms with Crippen molar-refractivity contribution < 1.29 is 19.1 Å². The van der Waals surface area contributed by atoms with E-state index < -0.39 is 23.3 Å². The zero-order valence-corrected chi connectivity index (χ0v) is 12.4. The lowest BCUT2D eigenvalue weighted by Crippen LogP contribution is -2.17. The molecule has 0 heterocycles. The molecule has 1 amide bonds. The minimum Gasteiger partial charge on any atom is -0.478 e. The van der Waals surface area contributed by atoms with Crippen LogP contribution in [0.1, 0.15) is 15.9 Å². The summed E-state index contributed by atoms with van der Waals surface area (Å²) >= 11 is 3.30. The Kier molecular flexibility index (Phi) is 4.70. The first-order valence-electron chi connectivity index (χ1n) is 6.03. The van der Waals surface area contributed by atoms with Gasteiger partial charge in [-0.2, -0.15) is 0 Å². The number of carbonyl (C=O) groups excluding carboxylic acids is 1. The second-order valence-corrected chi connectivity index (χ2v) is 5.24. The van der Waals surface area contributed by atoms with Gasteiger partial charge in [-0.1, -0.05) is 34.1 Å². The molecule has 108 valence electrons. The summed E-state index contributed by atoms with van der Waals surface area (Å²) in [6, 6.07) is 10.9. The van der Waals surface area contributed by atoms with Gasteiger partial charge in [0, 0.05) is 4.47 Å². The number of rotatable bonds is 4. The van der Waals surface area contributed by atoms with Crippen molar-refractivity contribution >= 4 is 33.5 Å². The number of nitrogens with one attached hydrogen (secondary N) is 1. The molecule has 21 heavy (non-hydrogen) atoms. The molecule has 0 bridgehead atoms. The van der Waals surface area contributed by atoms with Crippen LogP contribution in [0.2, 0.25) is 0 Å². The largest absolute Gasteiger partial charge is 0.478 e. The fraction of sp³-hybridized carbons (Fsp3) is 0.0667. The predicted molar refractivity (Wildman–Crippen MR) is 79.8 cm³/mol. The van der Waals surface area contributed by atoms with Crippen LogP contribution in [-0.2, 0) is 11.2 Å². The van der Waals surface area contributed by atoms with E-state index in [2.05, 4.69) is 21.2 Å². The molecule has 0 fully saturated rings. The zero-order valence-electron chi connectivity index (χ0n) is 10.8. The molecule has 2 aromatic rings. The molecule has 0 saturated heterocycles. The highest BCUT2D eigenvalue weighted by atomic mass is 79.9. The van der Waals surface area contributed by atoms with E-state index >= 15 is 0 Å². The van der Waals surface area contributed by atoms with Crippen molar-refractivity contribution in [2.24, 2.45) is 0 Å². The Morgan fingerprint density at radius 1 is 1.19 bits per heavy atom. The molecule has 2 aromatic carbocycles. The number of anilines is 1. The van der Waals surface area contributed by atoms with Gasteiger partial charge < -0.3 is 10.4 Å². The van der Waals surface area contributed by atoms with Gasteiger partial charge in [-0.25, -0.2) is 9.18 Å². The summed E-state index contributed by atoms with van der Waals surface area (Å²) in [6.45, 7) is 0. The van der Waals surface area contributed by atoms with Gasteiger partial charge >= 0.3 is 5.97 Å². The third-order valence-corrected chi connectivity index (χ3v) is 3.25. The summed E-state index contributed by atoms with van der Waals surface area (Å²) in [5.41, 5.74) is 0.165. The average molecular weight is 352 g/mol. The van der Waals surface area contributed by atoms with Gasteiger partial charge in [-0.3, -0.25) is 4.79 Å². The van der Waals surface area contributed by atoms with Gasteiger partial charge in [0.05, 0.1) is 12.1 Å². The van der Waals surface area contributed by atoms with E-state index in [0.29, 0.717) is 0 Å².